The van der Waals surface area contributed by atoms with Gasteiger partial charge in [0.1, 0.15) is 17.9 Å². The molecule has 82 valence electrons. The van der Waals surface area contributed by atoms with E-state index in [9.17, 15) is 9.18 Å². The zero-order valence-corrected chi connectivity index (χ0v) is 8.74. The summed E-state index contributed by atoms with van der Waals surface area (Å²) in [5, 5.41) is 0. The number of aldehydes is 1. The average molecular weight is 211 g/mol. The second-order valence-electron chi connectivity index (χ2n) is 3.41. The molecule has 0 amide bonds. The molecule has 0 bridgehead atoms. The van der Waals surface area contributed by atoms with E-state index in [1.807, 2.05) is 0 Å². The Morgan fingerprint density at radius 3 is 2.73 bits per heavy atom. The van der Waals surface area contributed by atoms with Gasteiger partial charge in [0.25, 0.3) is 0 Å². The maximum atomic E-state index is 13.4. The van der Waals surface area contributed by atoms with Gasteiger partial charge in [-0.25, -0.2) is 4.39 Å². The highest BCUT2D eigenvalue weighted by Crippen LogP contribution is 2.25. The number of carbonyl (C=O) groups excluding carboxylic acids is 1. The van der Waals surface area contributed by atoms with Crippen molar-refractivity contribution >= 4 is 6.29 Å². The molecule has 2 atom stereocenters. The van der Waals surface area contributed by atoms with E-state index < -0.39 is 17.8 Å². The number of hydrogen-bond donors (Lipinski definition) is 1. The lowest BCUT2D eigenvalue weighted by Crippen LogP contribution is -2.21. The van der Waals surface area contributed by atoms with Crippen molar-refractivity contribution in [3.05, 3.63) is 29.6 Å². The third-order valence-electron chi connectivity index (χ3n) is 2.34. The molecular formula is C11H14FNO2. The Morgan fingerprint density at radius 2 is 2.20 bits per heavy atom. The van der Waals surface area contributed by atoms with Crippen LogP contribution in [0.4, 0.5) is 4.39 Å². The van der Waals surface area contributed by atoms with Gasteiger partial charge >= 0.3 is 0 Å². The van der Waals surface area contributed by atoms with Crippen LogP contribution in [0.5, 0.6) is 5.75 Å². The van der Waals surface area contributed by atoms with Crippen LogP contribution in [-0.2, 0) is 4.79 Å². The Labute approximate surface area is 88.0 Å². The van der Waals surface area contributed by atoms with Crippen LogP contribution in [0, 0.1) is 11.7 Å². The number of methoxy groups -OCH3 is 1. The van der Waals surface area contributed by atoms with E-state index >= 15 is 0 Å². The summed E-state index contributed by atoms with van der Waals surface area (Å²) >= 11 is 0. The predicted molar refractivity (Wildman–Crippen MR) is 55.1 cm³/mol. The lowest BCUT2D eigenvalue weighted by molar-refractivity contribution is -0.111. The number of halogens is 1. The van der Waals surface area contributed by atoms with Crippen molar-refractivity contribution < 1.29 is 13.9 Å². The van der Waals surface area contributed by atoms with Gasteiger partial charge in [-0.3, -0.25) is 0 Å². The number of rotatable bonds is 4. The van der Waals surface area contributed by atoms with Crippen molar-refractivity contribution in [2.75, 3.05) is 7.11 Å². The Morgan fingerprint density at radius 1 is 1.53 bits per heavy atom. The molecule has 0 aliphatic rings. The first-order valence-corrected chi connectivity index (χ1v) is 4.64. The number of carbonyl (C=O) groups is 1. The molecule has 0 aliphatic heterocycles. The highest BCUT2D eigenvalue weighted by Gasteiger charge is 2.18. The van der Waals surface area contributed by atoms with E-state index in [0.717, 1.165) is 0 Å². The minimum Gasteiger partial charge on any atom is -0.497 e. The van der Waals surface area contributed by atoms with Crippen LogP contribution in [0.1, 0.15) is 18.5 Å². The second kappa shape index (κ2) is 4.89. The van der Waals surface area contributed by atoms with Gasteiger partial charge in [-0.15, -0.1) is 0 Å². The van der Waals surface area contributed by atoms with Gasteiger partial charge in [-0.2, -0.15) is 0 Å². The van der Waals surface area contributed by atoms with Gasteiger partial charge < -0.3 is 15.3 Å². The highest BCUT2D eigenvalue weighted by molar-refractivity contribution is 5.55. The van der Waals surface area contributed by atoms with Gasteiger partial charge in [0, 0.05) is 17.5 Å². The number of nitrogens with two attached hydrogens (primary N) is 1. The lowest BCUT2D eigenvalue weighted by Gasteiger charge is -2.16. The summed E-state index contributed by atoms with van der Waals surface area (Å²) < 4.78 is 18.4. The normalized spacial score (nSPS) is 14.4. The standard InChI is InChI=1S/C11H14FNO2/c1-7(6-14)11(13)9-5-8(15-2)3-4-10(9)12/h3-7,11H,13H2,1-2H3. The molecule has 15 heavy (non-hydrogen) atoms. The van der Waals surface area contributed by atoms with Crippen molar-refractivity contribution in [3.8, 4) is 5.75 Å². The molecule has 1 rings (SSSR count). The molecule has 2 N–H and O–H groups in total. The van der Waals surface area contributed by atoms with E-state index in [0.29, 0.717) is 17.6 Å². The van der Waals surface area contributed by atoms with Crippen molar-refractivity contribution in [2.45, 2.75) is 13.0 Å². The fourth-order valence-electron chi connectivity index (χ4n) is 1.27. The van der Waals surface area contributed by atoms with E-state index in [2.05, 4.69) is 0 Å². The van der Waals surface area contributed by atoms with Crippen LogP contribution < -0.4 is 10.5 Å². The minimum absolute atomic E-state index is 0.300. The number of benzene rings is 1. The molecule has 0 heterocycles. The molecule has 2 unspecified atom stereocenters. The van der Waals surface area contributed by atoms with Crippen LogP contribution in [0.15, 0.2) is 18.2 Å². The minimum atomic E-state index is -0.641. The third kappa shape index (κ3) is 2.53. The van der Waals surface area contributed by atoms with E-state index in [1.165, 1.54) is 25.3 Å². The summed E-state index contributed by atoms with van der Waals surface area (Å²) in [4.78, 5) is 10.6. The molecule has 0 aromatic heterocycles. The molecule has 0 aliphatic carbocycles. The largest absolute Gasteiger partial charge is 0.497 e. The molecule has 0 saturated carbocycles. The van der Waals surface area contributed by atoms with Crippen molar-refractivity contribution in [2.24, 2.45) is 11.7 Å². The Bertz CT molecular complexity index is 354. The quantitative estimate of drug-likeness (QED) is 0.771. The summed E-state index contributed by atoms with van der Waals surface area (Å²) in [6, 6.07) is 3.67. The monoisotopic (exact) mass is 211 g/mol. The van der Waals surface area contributed by atoms with E-state index in [1.54, 1.807) is 6.92 Å². The first kappa shape index (κ1) is 11.7. The number of hydrogen-bond acceptors (Lipinski definition) is 3. The van der Waals surface area contributed by atoms with Crippen LogP contribution in [0.25, 0.3) is 0 Å². The summed E-state index contributed by atoms with van der Waals surface area (Å²) in [6.45, 7) is 1.65. The smallest absolute Gasteiger partial charge is 0.128 e. The fraction of sp³-hybridized carbons (Fsp3) is 0.364. The molecule has 0 spiro atoms. The Hall–Kier alpha value is -1.42. The summed E-state index contributed by atoms with van der Waals surface area (Å²) in [5.41, 5.74) is 6.05. The van der Waals surface area contributed by atoms with E-state index in [4.69, 9.17) is 10.5 Å². The molecular weight excluding hydrogens is 197 g/mol. The topological polar surface area (TPSA) is 52.3 Å². The molecule has 1 aromatic carbocycles. The van der Waals surface area contributed by atoms with Crippen molar-refractivity contribution in [1.29, 1.82) is 0 Å². The molecule has 0 radical (unpaired) electrons. The summed E-state index contributed by atoms with van der Waals surface area (Å²) in [5.74, 6) is -0.316. The maximum absolute atomic E-state index is 13.4. The van der Waals surface area contributed by atoms with Crippen LogP contribution in [0.2, 0.25) is 0 Å². The first-order valence-electron chi connectivity index (χ1n) is 4.64. The highest BCUT2D eigenvalue weighted by atomic mass is 19.1. The second-order valence-corrected chi connectivity index (χ2v) is 3.41. The predicted octanol–water partition coefficient (Wildman–Crippen LogP) is 1.67. The molecule has 4 heteroatoms. The molecule has 1 aromatic rings. The van der Waals surface area contributed by atoms with Gasteiger partial charge in [-0.1, -0.05) is 6.92 Å². The van der Waals surface area contributed by atoms with Gasteiger partial charge in [0.05, 0.1) is 7.11 Å². The van der Waals surface area contributed by atoms with Crippen molar-refractivity contribution in [1.82, 2.24) is 0 Å². The molecule has 0 saturated heterocycles. The fourth-order valence-corrected chi connectivity index (χ4v) is 1.27. The third-order valence-corrected chi connectivity index (χ3v) is 2.34. The van der Waals surface area contributed by atoms with Crippen LogP contribution >= 0.6 is 0 Å². The lowest BCUT2D eigenvalue weighted by atomic mass is 9.96. The molecule has 0 fully saturated rings. The van der Waals surface area contributed by atoms with Gasteiger partial charge in [-0.05, 0) is 18.2 Å². The molecule has 3 nitrogen and oxygen atoms in total. The Balaban J connectivity index is 3.06. The summed E-state index contributed by atoms with van der Waals surface area (Å²) in [7, 11) is 1.49. The zero-order valence-electron chi connectivity index (χ0n) is 8.74. The van der Waals surface area contributed by atoms with Crippen molar-refractivity contribution in [3.63, 3.8) is 0 Å². The zero-order chi connectivity index (χ0) is 11.4. The Kier molecular flexibility index (Phi) is 3.80. The van der Waals surface area contributed by atoms with Crippen LogP contribution in [0.3, 0.4) is 0 Å². The van der Waals surface area contributed by atoms with E-state index in [-0.39, 0.29) is 0 Å². The maximum Gasteiger partial charge on any atom is 0.128 e. The average Bonchev–Trinajstić information content (AvgIpc) is 2.27. The first-order chi connectivity index (χ1) is 7.10. The van der Waals surface area contributed by atoms with Crippen LogP contribution in [-0.4, -0.2) is 13.4 Å². The SMILES string of the molecule is COc1ccc(F)c(C(N)C(C)C=O)c1. The summed E-state index contributed by atoms with van der Waals surface area (Å²) in [6.07, 6.45) is 0.712. The van der Waals surface area contributed by atoms with Gasteiger partial charge in [0.15, 0.2) is 0 Å². The number of ether oxygens (including phenoxy) is 1. The van der Waals surface area contributed by atoms with Gasteiger partial charge in [0.2, 0.25) is 0 Å².